The van der Waals surface area contributed by atoms with Crippen LogP contribution in [0.3, 0.4) is 0 Å². The highest BCUT2D eigenvalue weighted by molar-refractivity contribution is 5.80. The van der Waals surface area contributed by atoms with Crippen LogP contribution in [0.15, 0.2) is 12.1 Å². The number of piperidine rings is 1. The van der Waals surface area contributed by atoms with E-state index in [1.54, 1.807) is 0 Å². The molecule has 1 atom stereocenters. The van der Waals surface area contributed by atoms with Gasteiger partial charge in [-0.3, -0.25) is 9.69 Å². The third kappa shape index (κ3) is 3.30. The zero-order valence-electron chi connectivity index (χ0n) is 15.3. The molecule has 2 saturated heterocycles. The molecule has 3 heterocycles. The van der Waals surface area contributed by atoms with Crippen LogP contribution >= 0.6 is 0 Å². The van der Waals surface area contributed by atoms with Gasteiger partial charge in [-0.15, -0.1) is 0 Å². The maximum atomic E-state index is 12.9. The molecule has 2 aliphatic heterocycles. The van der Waals surface area contributed by atoms with E-state index < -0.39 is 0 Å². The van der Waals surface area contributed by atoms with Gasteiger partial charge in [-0.1, -0.05) is 6.42 Å². The van der Waals surface area contributed by atoms with Gasteiger partial charge in [0.25, 0.3) is 0 Å². The molecule has 2 aromatic rings. The normalized spacial score (nSPS) is 22.0. The molecule has 0 radical (unpaired) electrons. The van der Waals surface area contributed by atoms with Crippen molar-refractivity contribution in [2.75, 3.05) is 26.2 Å². The van der Waals surface area contributed by atoms with E-state index in [1.165, 1.54) is 30.4 Å². The maximum Gasteiger partial charge on any atom is 0.237 e. The first kappa shape index (κ1) is 16.6. The number of nitrogens with one attached hydrogen (secondary N) is 1. The minimum Gasteiger partial charge on any atom is -0.340 e. The summed E-state index contributed by atoms with van der Waals surface area (Å²) >= 11 is 0. The number of aryl methyl sites for hydroxylation is 2. The van der Waals surface area contributed by atoms with Gasteiger partial charge in [0.2, 0.25) is 5.91 Å². The molecule has 0 aliphatic carbocycles. The van der Waals surface area contributed by atoms with Gasteiger partial charge in [0.1, 0.15) is 5.82 Å². The van der Waals surface area contributed by atoms with Crippen LogP contribution in [-0.4, -0.2) is 51.9 Å². The zero-order valence-corrected chi connectivity index (χ0v) is 15.3. The molecule has 1 N–H and O–H groups in total. The molecule has 5 nitrogen and oxygen atoms in total. The fourth-order valence-electron chi connectivity index (χ4n) is 4.20. The Hall–Kier alpha value is -1.88. The fraction of sp³-hybridized carbons (Fsp3) is 0.600. The van der Waals surface area contributed by atoms with Crippen LogP contribution in [0, 0.1) is 13.8 Å². The van der Waals surface area contributed by atoms with Crippen LogP contribution in [0.2, 0.25) is 0 Å². The molecule has 25 heavy (non-hydrogen) atoms. The van der Waals surface area contributed by atoms with Crippen molar-refractivity contribution in [3.8, 4) is 0 Å². The van der Waals surface area contributed by atoms with Gasteiger partial charge < -0.3 is 9.88 Å². The lowest BCUT2D eigenvalue weighted by atomic mass is 10.1. The van der Waals surface area contributed by atoms with Crippen molar-refractivity contribution in [1.82, 2.24) is 19.8 Å². The van der Waals surface area contributed by atoms with E-state index in [4.69, 9.17) is 4.98 Å². The molecule has 4 rings (SSSR count). The third-order valence-corrected chi connectivity index (χ3v) is 5.81. The summed E-state index contributed by atoms with van der Waals surface area (Å²) < 4.78 is 0. The number of carbonyl (C=O) groups excluding carboxylic acids is 1. The first-order valence-corrected chi connectivity index (χ1v) is 9.60. The van der Waals surface area contributed by atoms with E-state index in [-0.39, 0.29) is 11.9 Å². The molecular formula is C20H28N4O. The van der Waals surface area contributed by atoms with Crippen molar-refractivity contribution in [3.05, 3.63) is 29.1 Å². The van der Waals surface area contributed by atoms with Crippen LogP contribution in [0.4, 0.5) is 0 Å². The van der Waals surface area contributed by atoms with Gasteiger partial charge in [0, 0.05) is 6.54 Å². The molecule has 0 unspecified atom stereocenters. The minimum absolute atomic E-state index is 0.102. The van der Waals surface area contributed by atoms with Gasteiger partial charge in [0.15, 0.2) is 0 Å². The molecule has 0 bridgehead atoms. The third-order valence-electron chi connectivity index (χ3n) is 5.81. The molecule has 1 amide bonds. The van der Waals surface area contributed by atoms with E-state index in [0.717, 1.165) is 49.3 Å². The number of imidazole rings is 1. The maximum absolute atomic E-state index is 12.9. The number of benzene rings is 1. The summed E-state index contributed by atoms with van der Waals surface area (Å²) in [6.07, 6.45) is 5.81. The summed E-state index contributed by atoms with van der Waals surface area (Å²) in [5.41, 5.74) is 4.61. The van der Waals surface area contributed by atoms with Crippen molar-refractivity contribution in [2.24, 2.45) is 0 Å². The van der Waals surface area contributed by atoms with E-state index in [0.29, 0.717) is 6.54 Å². The van der Waals surface area contributed by atoms with Crippen molar-refractivity contribution < 1.29 is 4.79 Å². The highest BCUT2D eigenvalue weighted by atomic mass is 16.2. The van der Waals surface area contributed by atoms with E-state index in [9.17, 15) is 4.79 Å². The quantitative estimate of drug-likeness (QED) is 0.932. The summed E-state index contributed by atoms with van der Waals surface area (Å²) in [4.78, 5) is 25.5. The van der Waals surface area contributed by atoms with Gasteiger partial charge in [-0.25, -0.2) is 4.98 Å². The fourth-order valence-corrected chi connectivity index (χ4v) is 4.20. The number of nitrogens with zero attached hydrogens (tertiary/aromatic N) is 3. The first-order chi connectivity index (χ1) is 12.1. The molecule has 2 aliphatic rings. The predicted molar refractivity (Wildman–Crippen MR) is 99.5 cm³/mol. The number of amides is 1. The Morgan fingerprint density at radius 2 is 1.88 bits per heavy atom. The first-order valence-electron chi connectivity index (χ1n) is 9.60. The second-order valence-electron chi connectivity index (χ2n) is 7.66. The number of aromatic amines is 1. The van der Waals surface area contributed by atoms with Gasteiger partial charge >= 0.3 is 0 Å². The number of H-pyrrole nitrogens is 1. The number of likely N-dealkylation sites (tertiary alicyclic amines) is 2. The smallest absolute Gasteiger partial charge is 0.237 e. The topological polar surface area (TPSA) is 52.2 Å². The summed E-state index contributed by atoms with van der Waals surface area (Å²) in [7, 11) is 0. The Morgan fingerprint density at radius 3 is 2.68 bits per heavy atom. The Morgan fingerprint density at radius 1 is 1.12 bits per heavy atom. The zero-order chi connectivity index (χ0) is 17.4. The summed E-state index contributed by atoms with van der Waals surface area (Å²) in [5, 5.41) is 0. The molecule has 134 valence electrons. The van der Waals surface area contributed by atoms with Crippen LogP contribution < -0.4 is 0 Å². The summed E-state index contributed by atoms with van der Waals surface area (Å²) in [5.74, 6) is 1.21. The average Bonchev–Trinajstić information content (AvgIpc) is 3.22. The van der Waals surface area contributed by atoms with Crippen LogP contribution in [-0.2, 0) is 4.79 Å². The molecule has 1 aromatic carbocycles. The number of hydrogen-bond acceptors (Lipinski definition) is 3. The van der Waals surface area contributed by atoms with E-state index >= 15 is 0 Å². The molecule has 5 heteroatoms. The van der Waals surface area contributed by atoms with Gasteiger partial charge in [0.05, 0.1) is 23.6 Å². The highest BCUT2D eigenvalue weighted by Crippen LogP contribution is 2.32. The van der Waals surface area contributed by atoms with E-state index in [1.807, 2.05) is 4.90 Å². The SMILES string of the molecule is Cc1cc2nc([C@H]3CCCN3C(=O)CN3CCCCC3)[nH]c2cc1C. The van der Waals surface area contributed by atoms with Crippen LogP contribution in [0.25, 0.3) is 11.0 Å². The number of carbonyl (C=O) groups is 1. The number of rotatable bonds is 3. The molecule has 0 spiro atoms. The van der Waals surface area contributed by atoms with Gasteiger partial charge in [-0.05, 0) is 75.9 Å². The summed E-state index contributed by atoms with van der Waals surface area (Å²) in [6, 6.07) is 4.40. The lowest BCUT2D eigenvalue weighted by Crippen LogP contribution is -2.42. The highest BCUT2D eigenvalue weighted by Gasteiger charge is 2.32. The van der Waals surface area contributed by atoms with Crippen LogP contribution in [0.1, 0.15) is 55.1 Å². The Balaban J connectivity index is 1.53. The van der Waals surface area contributed by atoms with Crippen molar-refractivity contribution in [2.45, 2.75) is 52.0 Å². The molecular weight excluding hydrogens is 312 g/mol. The van der Waals surface area contributed by atoms with Gasteiger partial charge in [-0.2, -0.15) is 0 Å². The van der Waals surface area contributed by atoms with Crippen molar-refractivity contribution >= 4 is 16.9 Å². The van der Waals surface area contributed by atoms with Crippen molar-refractivity contribution in [1.29, 1.82) is 0 Å². The predicted octanol–water partition coefficient (Wildman–Crippen LogP) is 3.33. The standard InChI is InChI=1S/C20H28N4O/c1-14-11-16-17(12-15(14)2)22-20(21-16)18-7-6-10-24(18)19(25)13-23-8-4-3-5-9-23/h11-12,18H,3-10,13H2,1-2H3,(H,21,22)/t18-/m1/s1. The second kappa shape index (κ2) is 6.79. The number of fused-ring (bicyclic) bond motifs is 1. The number of aromatic nitrogens is 2. The number of hydrogen-bond donors (Lipinski definition) is 1. The van der Waals surface area contributed by atoms with Crippen molar-refractivity contribution in [3.63, 3.8) is 0 Å². The average molecular weight is 340 g/mol. The minimum atomic E-state index is 0.102. The Bertz CT molecular complexity index is 736. The second-order valence-corrected chi connectivity index (χ2v) is 7.66. The largest absolute Gasteiger partial charge is 0.340 e. The summed E-state index contributed by atoms with van der Waals surface area (Å²) in [6.45, 7) is 7.79. The Kier molecular flexibility index (Phi) is 4.50. The molecule has 2 fully saturated rings. The van der Waals surface area contributed by atoms with Crippen LogP contribution in [0.5, 0.6) is 0 Å². The lowest BCUT2D eigenvalue weighted by molar-refractivity contribution is -0.133. The monoisotopic (exact) mass is 340 g/mol. The van der Waals surface area contributed by atoms with E-state index in [2.05, 4.69) is 35.9 Å². The molecule has 1 aromatic heterocycles. The Labute approximate surface area is 149 Å². The molecule has 0 saturated carbocycles. The lowest BCUT2D eigenvalue weighted by Gasteiger charge is -2.30.